The summed E-state index contributed by atoms with van der Waals surface area (Å²) in [7, 11) is 0. The molecular weight excluding hydrogens is 294 g/mol. The lowest BCUT2D eigenvalue weighted by Crippen LogP contribution is -2.13. The Morgan fingerprint density at radius 1 is 0.952 bits per heavy atom. The first kappa shape index (κ1) is 17.4. The third-order valence-corrected chi connectivity index (χ3v) is 3.11. The molecule has 0 bridgehead atoms. The topological polar surface area (TPSA) is 38.0 Å². The number of alkyl halides is 2. The molecule has 5 heteroatoms. The molecule has 0 radical (unpaired) electrons. The monoisotopic (exact) mass is 312 g/mol. The summed E-state index contributed by atoms with van der Waals surface area (Å²) in [4.78, 5) is 0. The van der Waals surface area contributed by atoms with Crippen molar-refractivity contribution >= 4 is 18.1 Å². The van der Waals surface area contributed by atoms with Crippen LogP contribution < -0.4 is 11.1 Å². The van der Waals surface area contributed by atoms with Crippen LogP contribution in [0.15, 0.2) is 54.6 Å². The van der Waals surface area contributed by atoms with Crippen molar-refractivity contribution in [2.24, 2.45) is 5.73 Å². The molecule has 2 rings (SSSR count). The van der Waals surface area contributed by atoms with E-state index in [1.807, 2.05) is 42.5 Å². The number of benzene rings is 2. The standard InChI is InChI=1S/C16H18F2N2.ClH/c17-16(18)10-15(19)13-6-8-14(9-7-13)20-11-12-4-2-1-3-5-12;/h1-9,15-16,20H,10-11,19H2;1H/t15-;/m1./s1. The van der Waals surface area contributed by atoms with E-state index in [0.717, 1.165) is 17.8 Å². The molecule has 1 atom stereocenters. The van der Waals surface area contributed by atoms with Gasteiger partial charge < -0.3 is 11.1 Å². The Labute approximate surface area is 129 Å². The second-order valence-electron chi connectivity index (χ2n) is 4.69. The molecule has 0 aliphatic heterocycles. The normalized spacial score (nSPS) is 11.8. The van der Waals surface area contributed by atoms with Crippen LogP contribution in [0.1, 0.15) is 23.6 Å². The maximum atomic E-state index is 12.3. The summed E-state index contributed by atoms with van der Waals surface area (Å²) in [6.45, 7) is 0.725. The maximum absolute atomic E-state index is 12.3. The lowest BCUT2D eigenvalue weighted by molar-refractivity contribution is 0.128. The van der Waals surface area contributed by atoms with Gasteiger partial charge in [0.2, 0.25) is 6.43 Å². The summed E-state index contributed by atoms with van der Waals surface area (Å²) in [5.41, 5.74) is 8.57. The van der Waals surface area contributed by atoms with E-state index in [9.17, 15) is 8.78 Å². The van der Waals surface area contributed by atoms with Crippen LogP contribution in [0, 0.1) is 0 Å². The van der Waals surface area contributed by atoms with E-state index in [-0.39, 0.29) is 18.8 Å². The first-order valence-electron chi connectivity index (χ1n) is 6.56. The van der Waals surface area contributed by atoms with E-state index < -0.39 is 12.5 Å². The highest BCUT2D eigenvalue weighted by Gasteiger charge is 2.12. The second kappa shape index (κ2) is 8.60. The Morgan fingerprint density at radius 2 is 1.57 bits per heavy atom. The van der Waals surface area contributed by atoms with Crippen molar-refractivity contribution in [1.82, 2.24) is 0 Å². The Kier molecular flexibility index (Phi) is 7.12. The number of anilines is 1. The van der Waals surface area contributed by atoms with Gasteiger partial charge in [-0.15, -0.1) is 12.4 Å². The van der Waals surface area contributed by atoms with Crippen molar-refractivity contribution in [2.75, 3.05) is 5.32 Å². The largest absolute Gasteiger partial charge is 0.381 e. The first-order valence-corrected chi connectivity index (χ1v) is 6.56. The molecule has 0 heterocycles. The molecule has 114 valence electrons. The highest BCUT2D eigenvalue weighted by Crippen LogP contribution is 2.20. The van der Waals surface area contributed by atoms with Gasteiger partial charge in [0, 0.05) is 24.7 Å². The van der Waals surface area contributed by atoms with Crippen LogP contribution in [0.3, 0.4) is 0 Å². The Balaban J connectivity index is 0.00000220. The fourth-order valence-corrected chi connectivity index (χ4v) is 1.98. The number of nitrogens with one attached hydrogen (secondary N) is 1. The SMILES string of the molecule is Cl.N[C@H](CC(F)F)c1ccc(NCc2ccccc2)cc1. The van der Waals surface area contributed by atoms with E-state index in [0.29, 0.717) is 0 Å². The van der Waals surface area contributed by atoms with Crippen molar-refractivity contribution in [3.63, 3.8) is 0 Å². The molecule has 0 unspecified atom stereocenters. The van der Waals surface area contributed by atoms with Gasteiger partial charge in [0.1, 0.15) is 0 Å². The summed E-state index contributed by atoms with van der Waals surface area (Å²) >= 11 is 0. The summed E-state index contributed by atoms with van der Waals surface area (Å²) < 4.78 is 24.5. The molecule has 0 fully saturated rings. The summed E-state index contributed by atoms with van der Waals surface area (Å²) in [6.07, 6.45) is -2.68. The molecule has 2 aromatic carbocycles. The summed E-state index contributed by atoms with van der Waals surface area (Å²) in [5, 5.41) is 3.28. The Hall–Kier alpha value is -1.65. The fourth-order valence-electron chi connectivity index (χ4n) is 1.98. The van der Waals surface area contributed by atoms with Crippen LogP contribution in [0.25, 0.3) is 0 Å². The van der Waals surface area contributed by atoms with Crippen LogP contribution in [0.5, 0.6) is 0 Å². The van der Waals surface area contributed by atoms with Crippen molar-refractivity contribution in [1.29, 1.82) is 0 Å². The van der Waals surface area contributed by atoms with Gasteiger partial charge in [0.25, 0.3) is 0 Å². The van der Waals surface area contributed by atoms with Gasteiger partial charge in [-0.05, 0) is 23.3 Å². The lowest BCUT2D eigenvalue weighted by Gasteiger charge is -2.12. The van der Waals surface area contributed by atoms with E-state index in [2.05, 4.69) is 5.32 Å². The zero-order chi connectivity index (χ0) is 14.4. The molecule has 0 saturated heterocycles. The van der Waals surface area contributed by atoms with Crippen molar-refractivity contribution in [2.45, 2.75) is 25.4 Å². The van der Waals surface area contributed by atoms with Crippen molar-refractivity contribution in [3.8, 4) is 0 Å². The quantitative estimate of drug-likeness (QED) is 0.831. The fraction of sp³-hybridized carbons (Fsp3) is 0.250. The molecule has 2 aromatic rings. The Morgan fingerprint density at radius 3 is 2.14 bits per heavy atom. The van der Waals surface area contributed by atoms with Crippen molar-refractivity contribution in [3.05, 3.63) is 65.7 Å². The van der Waals surface area contributed by atoms with Crippen LogP contribution in [-0.4, -0.2) is 6.43 Å². The van der Waals surface area contributed by atoms with E-state index in [1.165, 1.54) is 5.56 Å². The maximum Gasteiger partial charge on any atom is 0.240 e. The molecule has 0 aliphatic carbocycles. The van der Waals surface area contributed by atoms with Crippen molar-refractivity contribution < 1.29 is 8.78 Å². The summed E-state index contributed by atoms with van der Waals surface area (Å²) in [6, 6.07) is 16.7. The zero-order valence-electron chi connectivity index (χ0n) is 11.5. The summed E-state index contributed by atoms with van der Waals surface area (Å²) in [5.74, 6) is 0. The smallest absolute Gasteiger partial charge is 0.240 e. The molecule has 21 heavy (non-hydrogen) atoms. The Bertz CT molecular complexity index is 518. The molecule has 0 amide bonds. The predicted octanol–water partition coefficient (Wildman–Crippen LogP) is 4.38. The molecule has 0 aliphatic rings. The molecular formula is C16H19ClF2N2. The third-order valence-electron chi connectivity index (χ3n) is 3.11. The minimum atomic E-state index is -2.37. The number of nitrogens with two attached hydrogens (primary N) is 1. The zero-order valence-corrected chi connectivity index (χ0v) is 12.3. The van der Waals surface area contributed by atoms with Gasteiger partial charge in [-0.1, -0.05) is 42.5 Å². The molecule has 3 N–H and O–H groups in total. The average Bonchev–Trinajstić information content (AvgIpc) is 2.46. The average molecular weight is 313 g/mol. The van der Waals surface area contributed by atoms with Gasteiger partial charge in [-0.2, -0.15) is 0 Å². The van der Waals surface area contributed by atoms with Crippen LogP contribution >= 0.6 is 12.4 Å². The third kappa shape index (κ3) is 5.69. The van der Waals surface area contributed by atoms with Gasteiger partial charge >= 0.3 is 0 Å². The molecule has 2 nitrogen and oxygen atoms in total. The number of hydrogen-bond donors (Lipinski definition) is 2. The first-order chi connectivity index (χ1) is 9.65. The number of halogens is 3. The second-order valence-corrected chi connectivity index (χ2v) is 4.69. The van der Waals surface area contributed by atoms with Gasteiger partial charge in [0.05, 0.1) is 0 Å². The molecule has 0 saturated carbocycles. The molecule has 0 spiro atoms. The van der Waals surface area contributed by atoms with E-state index in [1.54, 1.807) is 12.1 Å². The van der Waals surface area contributed by atoms with Crippen LogP contribution in [0.2, 0.25) is 0 Å². The highest BCUT2D eigenvalue weighted by atomic mass is 35.5. The van der Waals surface area contributed by atoms with Gasteiger partial charge in [-0.25, -0.2) is 8.78 Å². The predicted molar refractivity (Wildman–Crippen MR) is 85.0 cm³/mol. The highest BCUT2D eigenvalue weighted by molar-refractivity contribution is 5.85. The minimum absolute atomic E-state index is 0. The number of rotatable bonds is 6. The van der Waals surface area contributed by atoms with Gasteiger partial charge in [-0.3, -0.25) is 0 Å². The van der Waals surface area contributed by atoms with Gasteiger partial charge in [0.15, 0.2) is 0 Å². The van der Waals surface area contributed by atoms with E-state index >= 15 is 0 Å². The van der Waals surface area contributed by atoms with Crippen LogP contribution in [0.4, 0.5) is 14.5 Å². The van der Waals surface area contributed by atoms with Crippen LogP contribution in [-0.2, 0) is 6.54 Å². The number of hydrogen-bond acceptors (Lipinski definition) is 2. The van der Waals surface area contributed by atoms with E-state index in [4.69, 9.17) is 5.73 Å². The minimum Gasteiger partial charge on any atom is -0.381 e. The lowest BCUT2D eigenvalue weighted by atomic mass is 10.0. The molecule has 0 aromatic heterocycles.